The summed E-state index contributed by atoms with van der Waals surface area (Å²) >= 11 is 0. The minimum absolute atomic E-state index is 0.0508. The molecule has 0 spiro atoms. The first-order chi connectivity index (χ1) is 13.2. The highest BCUT2D eigenvalue weighted by atomic mass is 16.1. The fourth-order valence-electron chi connectivity index (χ4n) is 2.99. The van der Waals surface area contributed by atoms with Crippen molar-refractivity contribution < 1.29 is 4.79 Å². The molecular formula is C23H21N3O. The zero-order valence-corrected chi connectivity index (χ0v) is 15.2. The van der Waals surface area contributed by atoms with Crippen LogP contribution in [0.2, 0.25) is 0 Å². The Morgan fingerprint density at radius 1 is 1.11 bits per heavy atom. The monoisotopic (exact) mass is 355 g/mol. The van der Waals surface area contributed by atoms with E-state index in [1.807, 2.05) is 72.8 Å². The van der Waals surface area contributed by atoms with Crippen LogP contribution in [0.4, 0.5) is 0 Å². The number of nitriles is 1. The van der Waals surface area contributed by atoms with Gasteiger partial charge in [-0.3, -0.25) is 4.79 Å². The maximum atomic E-state index is 12.7. The highest BCUT2D eigenvalue weighted by Crippen LogP contribution is 2.19. The number of hydrogen-bond acceptors (Lipinski definition) is 3. The Kier molecular flexibility index (Phi) is 5.96. The summed E-state index contributed by atoms with van der Waals surface area (Å²) in [5, 5.41) is 13.5. The molecule has 0 saturated carbocycles. The molecule has 134 valence electrons. The number of carbonyl (C=O) groups excluding carboxylic acids is 1. The van der Waals surface area contributed by atoms with Crippen molar-refractivity contribution in [1.29, 1.82) is 5.26 Å². The summed E-state index contributed by atoms with van der Waals surface area (Å²) in [6.07, 6.45) is 3.27. The van der Waals surface area contributed by atoms with Gasteiger partial charge in [0.05, 0.1) is 17.3 Å². The van der Waals surface area contributed by atoms with Crippen molar-refractivity contribution in [2.75, 3.05) is 0 Å². The molecule has 0 saturated heterocycles. The maximum Gasteiger partial charge on any atom is 0.262 e. The van der Waals surface area contributed by atoms with Gasteiger partial charge in [-0.25, -0.2) is 4.98 Å². The number of rotatable bonds is 6. The zero-order chi connectivity index (χ0) is 19.1. The standard InChI is InChI=1S/C23H21N3O/c1-2-8-21(17-9-4-3-5-10-17)26-23(27)19(16-24)15-20-14-13-18-11-6-7-12-22(18)25-20/h3-7,9-15,21H,2,8H2,1H3,(H,26,27)/b19-15+/t21-/m0/s1. The van der Waals surface area contributed by atoms with E-state index in [-0.39, 0.29) is 17.5 Å². The van der Waals surface area contributed by atoms with Gasteiger partial charge >= 0.3 is 0 Å². The molecule has 0 unspecified atom stereocenters. The average Bonchev–Trinajstić information content (AvgIpc) is 2.72. The third kappa shape index (κ3) is 4.59. The van der Waals surface area contributed by atoms with E-state index in [1.165, 1.54) is 6.08 Å². The number of pyridine rings is 1. The molecular weight excluding hydrogens is 334 g/mol. The van der Waals surface area contributed by atoms with Crippen molar-refractivity contribution >= 4 is 22.9 Å². The first-order valence-corrected chi connectivity index (χ1v) is 9.04. The van der Waals surface area contributed by atoms with Gasteiger partial charge in [0.25, 0.3) is 5.91 Å². The number of nitrogens with one attached hydrogen (secondary N) is 1. The Labute approximate surface area is 159 Å². The number of carbonyl (C=O) groups is 1. The molecule has 3 rings (SSSR count). The van der Waals surface area contributed by atoms with Crippen LogP contribution in [0.15, 0.2) is 72.3 Å². The first-order valence-electron chi connectivity index (χ1n) is 9.04. The number of aromatic nitrogens is 1. The number of nitrogens with zero attached hydrogens (tertiary/aromatic N) is 2. The van der Waals surface area contributed by atoms with Gasteiger partial charge < -0.3 is 5.32 Å². The van der Waals surface area contributed by atoms with Gasteiger partial charge in [-0.05, 0) is 30.2 Å². The summed E-state index contributed by atoms with van der Waals surface area (Å²) in [4.78, 5) is 17.2. The van der Waals surface area contributed by atoms with Crippen LogP contribution in [0.5, 0.6) is 0 Å². The molecule has 4 nitrogen and oxygen atoms in total. The molecule has 0 aliphatic carbocycles. The molecule has 4 heteroatoms. The predicted molar refractivity (Wildman–Crippen MR) is 108 cm³/mol. The molecule has 1 aromatic heterocycles. The molecule has 3 aromatic rings. The lowest BCUT2D eigenvalue weighted by molar-refractivity contribution is -0.117. The Morgan fingerprint density at radius 3 is 2.59 bits per heavy atom. The Balaban J connectivity index is 1.83. The van der Waals surface area contributed by atoms with E-state index in [0.29, 0.717) is 5.69 Å². The van der Waals surface area contributed by atoms with Gasteiger partial charge in [-0.1, -0.05) is 67.9 Å². The summed E-state index contributed by atoms with van der Waals surface area (Å²) in [6, 6.07) is 23.2. The lowest BCUT2D eigenvalue weighted by Crippen LogP contribution is -2.29. The van der Waals surface area contributed by atoms with E-state index < -0.39 is 0 Å². The van der Waals surface area contributed by atoms with Crippen molar-refractivity contribution in [3.05, 3.63) is 83.6 Å². The van der Waals surface area contributed by atoms with Crippen molar-refractivity contribution in [2.24, 2.45) is 0 Å². The van der Waals surface area contributed by atoms with E-state index in [9.17, 15) is 10.1 Å². The summed E-state index contributed by atoms with van der Waals surface area (Å²) in [5.41, 5.74) is 2.51. The van der Waals surface area contributed by atoms with E-state index >= 15 is 0 Å². The number of hydrogen-bond donors (Lipinski definition) is 1. The van der Waals surface area contributed by atoms with Crippen LogP contribution in [0.25, 0.3) is 17.0 Å². The highest BCUT2D eigenvalue weighted by molar-refractivity contribution is 6.01. The molecule has 1 heterocycles. The third-order valence-corrected chi connectivity index (χ3v) is 4.36. The lowest BCUT2D eigenvalue weighted by atomic mass is 10.0. The molecule has 27 heavy (non-hydrogen) atoms. The van der Waals surface area contributed by atoms with Crippen LogP contribution in [0, 0.1) is 11.3 Å². The second-order valence-corrected chi connectivity index (χ2v) is 6.32. The highest BCUT2D eigenvalue weighted by Gasteiger charge is 2.17. The zero-order valence-electron chi connectivity index (χ0n) is 15.2. The molecule has 0 fully saturated rings. The predicted octanol–water partition coefficient (Wildman–Crippen LogP) is 4.80. The van der Waals surface area contributed by atoms with Crippen molar-refractivity contribution in [1.82, 2.24) is 10.3 Å². The second kappa shape index (κ2) is 8.77. The van der Waals surface area contributed by atoms with Crippen LogP contribution in [-0.4, -0.2) is 10.9 Å². The average molecular weight is 355 g/mol. The summed E-state index contributed by atoms with van der Waals surface area (Å²) in [5.74, 6) is -0.380. The fourth-order valence-corrected chi connectivity index (χ4v) is 2.99. The summed E-state index contributed by atoms with van der Waals surface area (Å²) < 4.78 is 0. The Hall–Kier alpha value is -3.45. The van der Waals surface area contributed by atoms with Crippen LogP contribution in [-0.2, 0) is 4.79 Å². The van der Waals surface area contributed by atoms with Gasteiger partial charge in [0.2, 0.25) is 0 Å². The van der Waals surface area contributed by atoms with Crippen LogP contribution >= 0.6 is 0 Å². The number of para-hydroxylation sites is 1. The van der Waals surface area contributed by atoms with Crippen LogP contribution < -0.4 is 5.32 Å². The first kappa shape index (κ1) is 18.3. The smallest absolute Gasteiger partial charge is 0.262 e. The van der Waals surface area contributed by atoms with E-state index in [1.54, 1.807) is 0 Å². The fraction of sp³-hybridized carbons (Fsp3) is 0.174. The molecule has 0 bridgehead atoms. The third-order valence-electron chi connectivity index (χ3n) is 4.36. The SMILES string of the molecule is CCC[C@H](NC(=O)/C(C#N)=C/c1ccc2ccccc2n1)c1ccccc1. The Morgan fingerprint density at radius 2 is 1.85 bits per heavy atom. The molecule has 0 aliphatic heterocycles. The molecule has 0 aliphatic rings. The molecule has 1 amide bonds. The van der Waals surface area contributed by atoms with Crippen molar-refractivity contribution in [3.8, 4) is 6.07 Å². The largest absolute Gasteiger partial charge is 0.345 e. The minimum atomic E-state index is -0.380. The molecule has 1 atom stereocenters. The minimum Gasteiger partial charge on any atom is -0.345 e. The number of amides is 1. The number of fused-ring (bicyclic) bond motifs is 1. The molecule has 0 radical (unpaired) electrons. The van der Waals surface area contributed by atoms with Crippen LogP contribution in [0.3, 0.4) is 0 Å². The quantitative estimate of drug-likeness (QED) is 0.510. The van der Waals surface area contributed by atoms with Gasteiger partial charge in [0, 0.05) is 5.39 Å². The van der Waals surface area contributed by atoms with E-state index in [4.69, 9.17) is 0 Å². The van der Waals surface area contributed by atoms with Crippen molar-refractivity contribution in [2.45, 2.75) is 25.8 Å². The molecule has 1 N–H and O–H groups in total. The van der Waals surface area contributed by atoms with E-state index in [0.717, 1.165) is 29.3 Å². The Bertz CT molecular complexity index is 1000. The van der Waals surface area contributed by atoms with Gasteiger partial charge in [-0.2, -0.15) is 5.26 Å². The van der Waals surface area contributed by atoms with Gasteiger partial charge in [0.15, 0.2) is 0 Å². The van der Waals surface area contributed by atoms with E-state index in [2.05, 4.69) is 17.2 Å². The topological polar surface area (TPSA) is 65.8 Å². The van der Waals surface area contributed by atoms with Crippen molar-refractivity contribution in [3.63, 3.8) is 0 Å². The summed E-state index contributed by atoms with van der Waals surface area (Å²) in [7, 11) is 0. The summed E-state index contributed by atoms with van der Waals surface area (Å²) in [6.45, 7) is 2.07. The normalized spacial score (nSPS) is 12.4. The van der Waals surface area contributed by atoms with Crippen LogP contribution in [0.1, 0.15) is 37.1 Å². The van der Waals surface area contributed by atoms with Gasteiger partial charge in [0.1, 0.15) is 11.6 Å². The molecule has 2 aromatic carbocycles. The number of benzene rings is 2. The van der Waals surface area contributed by atoms with Gasteiger partial charge in [-0.15, -0.1) is 0 Å². The lowest BCUT2D eigenvalue weighted by Gasteiger charge is -2.18. The maximum absolute atomic E-state index is 12.7. The second-order valence-electron chi connectivity index (χ2n) is 6.32.